The molecule has 0 radical (unpaired) electrons. The quantitative estimate of drug-likeness (QED) is 0.542. The van der Waals surface area contributed by atoms with Crippen molar-refractivity contribution in [1.82, 2.24) is 0 Å². The standard InChI is InChI=1S/C12H7Br2F3S/c13-9-5-6-18-11(9)10(14)7-3-1-2-4-8(7)12(15,16)17/h1-6,10H. The van der Waals surface area contributed by atoms with Crippen molar-refractivity contribution < 1.29 is 13.2 Å². The summed E-state index contributed by atoms with van der Waals surface area (Å²) >= 11 is 8.10. The van der Waals surface area contributed by atoms with Gasteiger partial charge in [-0.05, 0) is 39.0 Å². The fraction of sp³-hybridized carbons (Fsp3) is 0.167. The third-order valence-corrected chi connectivity index (χ3v) is 5.60. The van der Waals surface area contributed by atoms with Gasteiger partial charge < -0.3 is 0 Å². The summed E-state index contributed by atoms with van der Waals surface area (Å²) in [7, 11) is 0. The van der Waals surface area contributed by atoms with Crippen LogP contribution in [-0.2, 0) is 6.18 Å². The monoisotopic (exact) mass is 398 g/mol. The number of thiophene rings is 1. The van der Waals surface area contributed by atoms with Crippen LogP contribution in [0.5, 0.6) is 0 Å². The van der Waals surface area contributed by atoms with E-state index in [0.717, 1.165) is 15.4 Å². The molecule has 18 heavy (non-hydrogen) atoms. The molecule has 6 heteroatoms. The summed E-state index contributed by atoms with van der Waals surface area (Å²) in [4.78, 5) is 0.358. The summed E-state index contributed by atoms with van der Waals surface area (Å²) in [5.41, 5.74) is -0.375. The van der Waals surface area contributed by atoms with E-state index < -0.39 is 16.6 Å². The molecule has 1 atom stereocenters. The van der Waals surface area contributed by atoms with Gasteiger partial charge in [-0.3, -0.25) is 0 Å². The largest absolute Gasteiger partial charge is 0.416 e. The van der Waals surface area contributed by atoms with Crippen LogP contribution in [0.3, 0.4) is 0 Å². The van der Waals surface area contributed by atoms with Crippen LogP contribution >= 0.6 is 43.2 Å². The van der Waals surface area contributed by atoms with Crippen molar-refractivity contribution in [2.75, 3.05) is 0 Å². The Morgan fingerprint density at radius 2 is 1.78 bits per heavy atom. The Hall–Kier alpha value is -0.330. The SMILES string of the molecule is FC(F)(F)c1ccccc1C(Br)c1sccc1Br. The topological polar surface area (TPSA) is 0 Å². The van der Waals surface area contributed by atoms with Gasteiger partial charge >= 0.3 is 6.18 Å². The molecule has 2 rings (SSSR count). The molecule has 0 nitrogen and oxygen atoms in total. The lowest BCUT2D eigenvalue weighted by atomic mass is 10.0. The van der Waals surface area contributed by atoms with E-state index in [1.54, 1.807) is 6.07 Å². The summed E-state index contributed by atoms with van der Waals surface area (Å²) in [6.07, 6.45) is -4.34. The Kier molecular flexibility index (Phi) is 4.18. The fourth-order valence-electron chi connectivity index (χ4n) is 1.60. The molecular weight excluding hydrogens is 393 g/mol. The van der Waals surface area contributed by atoms with Crippen LogP contribution in [-0.4, -0.2) is 0 Å². The highest BCUT2D eigenvalue weighted by Crippen LogP contribution is 2.43. The first kappa shape index (κ1) is 14.1. The van der Waals surface area contributed by atoms with Crippen molar-refractivity contribution in [2.24, 2.45) is 0 Å². The van der Waals surface area contributed by atoms with Gasteiger partial charge in [-0.1, -0.05) is 34.1 Å². The molecule has 0 saturated heterocycles. The van der Waals surface area contributed by atoms with Gasteiger partial charge in [0, 0.05) is 9.35 Å². The molecule has 0 aliphatic carbocycles. The molecule has 0 aliphatic heterocycles. The molecule has 1 unspecified atom stereocenters. The second kappa shape index (κ2) is 5.35. The van der Waals surface area contributed by atoms with Gasteiger partial charge in [0.2, 0.25) is 0 Å². The maximum atomic E-state index is 12.9. The molecule has 1 heterocycles. The molecule has 96 valence electrons. The number of alkyl halides is 4. The van der Waals surface area contributed by atoms with E-state index in [1.807, 2.05) is 11.4 Å². The Morgan fingerprint density at radius 3 is 2.33 bits per heavy atom. The van der Waals surface area contributed by atoms with Crippen LogP contribution in [0.25, 0.3) is 0 Å². The Balaban J connectivity index is 2.49. The lowest BCUT2D eigenvalue weighted by molar-refractivity contribution is -0.138. The zero-order valence-corrected chi connectivity index (χ0v) is 12.8. The summed E-state index contributed by atoms with van der Waals surface area (Å²) in [6.45, 7) is 0. The number of hydrogen-bond acceptors (Lipinski definition) is 1. The zero-order chi connectivity index (χ0) is 13.3. The van der Waals surface area contributed by atoms with Gasteiger partial charge in [0.25, 0.3) is 0 Å². The van der Waals surface area contributed by atoms with Crippen LogP contribution in [0.1, 0.15) is 20.8 Å². The van der Waals surface area contributed by atoms with E-state index in [9.17, 15) is 13.2 Å². The van der Waals surface area contributed by atoms with Gasteiger partial charge in [0.1, 0.15) is 0 Å². The van der Waals surface area contributed by atoms with E-state index in [-0.39, 0.29) is 5.56 Å². The Morgan fingerprint density at radius 1 is 1.11 bits per heavy atom. The van der Waals surface area contributed by atoms with E-state index >= 15 is 0 Å². The van der Waals surface area contributed by atoms with Gasteiger partial charge in [-0.2, -0.15) is 13.2 Å². The number of hydrogen-bond donors (Lipinski definition) is 0. The van der Waals surface area contributed by atoms with E-state index in [2.05, 4.69) is 31.9 Å². The zero-order valence-electron chi connectivity index (χ0n) is 8.84. The summed E-state index contributed by atoms with van der Waals surface area (Å²) in [5.74, 6) is 0. The summed E-state index contributed by atoms with van der Waals surface area (Å²) in [5, 5.41) is 1.84. The molecule has 1 aromatic carbocycles. The Bertz CT molecular complexity index is 548. The predicted octanol–water partition coefficient (Wildman–Crippen LogP) is 6.01. The molecule has 0 aliphatic rings. The minimum atomic E-state index is -4.34. The highest BCUT2D eigenvalue weighted by atomic mass is 79.9. The average Bonchev–Trinajstić information content (AvgIpc) is 2.73. The third kappa shape index (κ3) is 2.81. The molecule has 1 aromatic heterocycles. The highest BCUT2D eigenvalue weighted by Gasteiger charge is 2.35. The first-order chi connectivity index (χ1) is 8.41. The lowest BCUT2D eigenvalue weighted by Crippen LogP contribution is -2.10. The maximum absolute atomic E-state index is 12.9. The van der Waals surface area contributed by atoms with Crippen molar-refractivity contribution in [3.8, 4) is 0 Å². The average molecular weight is 400 g/mol. The minimum Gasteiger partial charge on any atom is -0.166 e. The number of rotatable bonds is 2. The van der Waals surface area contributed by atoms with Crippen molar-refractivity contribution in [2.45, 2.75) is 11.0 Å². The first-order valence-corrected chi connectivity index (χ1v) is 7.53. The molecule has 0 fully saturated rings. The molecule has 0 saturated carbocycles. The van der Waals surface area contributed by atoms with Gasteiger partial charge in [0.05, 0.1) is 10.4 Å². The normalized spacial score (nSPS) is 13.6. The van der Waals surface area contributed by atoms with Crippen molar-refractivity contribution in [3.63, 3.8) is 0 Å². The molecule has 0 amide bonds. The highest BCUT2D eigenvalue weighted by molar-refractivity contribution is 9.11. The molecule has 2 aromatic rings. The smallest absolute Gasteiger partial charge is 0.166 e. The predicted molar refractivity (Wildman–Crippen MR) is 74.2 cm³/mol. The van der Waals surface area contributed by atoms with Crippen LogP contribution < -0.4 is 0 Å². The molecule has 0 spiro atoms. The number of halogens is 5. The van der Waals surface area contributed by atoms with Gasteiger partial charge in [-0.25, -0.2) is 0 Å². The maximum Gasteiger partial charge on any atom is 0.416 e. The van der Waals surface area contributed by atoms with Crippen LogP contribution in [0, 0.1) is 0 Å². The second-order valence-electron chi connectivity index (χ2n) is 3.58. The van der Waals surface area contributed by atoms with Crippen LogP contribution in [0.4, 0.5) is 13.2 Å². The summed E-state index contributed by atoms with van der Waals surface area (Å²) in [6, 6.07) is 7.43. The van der Waals surface area contributed by atoms with E-state index in [1.165, 1.54) is 23.5 Å². The fourth-order valence-corrected chi connectivity index (χ4v) is 4.47. The minimum absolute atomic E-state index is 0.230. The van der Waals surface area contributed by atoms with E-state index in [0.29, 0.717) is 0 Å². The van der Waals surface area contributed by atoms with Crippen LogP contribution in [0.2, 0.25) is 0 Å². The van der Waals surface area contributed by atoms with Crippen LogP contribution in [0.15, 0.2) is 40.2 Å². The summed E-state index contributed by atoms with van der Waals surface area (Å²) < 4.78 is 39.6. The van der Waals surface area contributed by atoms with Gasteiger partial charge in [0.15, 0.2) is 0 Å². The van der Waals surface area contributed by atoms with Gasteiger partial charge in [-0.15, -0.1) is 11.3 Å². The first-order valence-electron chi connectivity index (χ1n) is 4.94. The lowest BCUT2D eigenvalue weighted by Gasteiger charge is -2.16. The molecule has 0 N–H and O–H groups in total. The third-order valence-electron chi connectivity index (χ3n) is 2.41. The Labute approximate surface area is 123 Å². The molecular formula is C12H7Br2F3S. The van der Waals surface area contributed by atoms with Crippen molar-refractivity contribution in [3.05, 3.63) is 56.2 Å². The number of benzene rings is 1. The van der Waals surface area contributed by atoms with E-state index in [4.69, 9.17) is 0 Å². The second-order valence-corrected chi connectivity index (χ2v) is 6.30. The van der Waals surface area contributed by atoms with Crippen molar-refractivity contribution >= 4 is 43.2 Å². The molecule has 0 bridgehead atoms. The van der Waals surface area contributed by atoms with Crippen molar-refractivity contribution in [1.29, 1.82) is 0 Å².